The number of benzene rings is 1. The van der Waals surface area contributed by atoms with E-state index in [9.17, 15) is 0 Å². The van der Waals surface area contributed by atoms with Crippen molar-refractivity contribution in [3.8, 4) is 6.07 Å². The third-order valence-electron chi connectivity index (χ3n) is 2.68. The smallest absolute Gasteiger partial charge is 0.126 e. The number of nitriles is 1. The highest BCUT2D eigenvalue weighted by atomic mass is 15.0. The van der Waals surface area contributed by atoms with Crippen molar-refractivity contribution in [3.05, 3.63) is 53.2 Å². The van der Waals surface area contributed by atoms with Gasteiger partial charge in [0.05, 0.1) is 23.5 Å². The van der Waals surface area contributed by atoms with E-state index < -0.39 is 0 Å². The molecule has 0 amide bonds. The molecule has 0 saturated carbocycles. The van der Waals surface area contributed by atoms with Gasteiger partial charge in [-0.15, -0.1) is 0 Å². The molecule has 0 radical (unpaired) electrons. The van der Waals surface area contributed by atoms with Crippen LogP contribution >= 0.6 is 0 Å². The number of anilines is 2. The van der Waals surface area contributed by atoms with Crippen molar-refractivity contribution in [3.63, 3.8) is 0 Å². The topological polar surface area (TPSA) is 74.7 Å². The normalized spacial score (nSPS) is 9.78. The number of hydrogen-bond acceptors (Lipinski definition) is 4. The van der Waals surface area contributed by atoms with Gasteiger partial charge in [0.25, 0.3) is 0 Å². The molecule has 4 heteroatoms. The molecule has 0 unspecified atom stereocenters. The van der Waals surface area contributed by atoms with Gasteiger partial charge < -0.3 is 11.1 Å². The largest absolute Gasteiger partial charge is 0.397 e. The highest BCUT2D eigenvalue weighted by molar-refractivity contribution is 5.51. The molecule has 0 aliphatic rings. The van der Waals surface area contributed by atoms with Crippen LogP contribution < -0.4 is 11.1 Å². The van der Waals surface area contributed by atoms with Gasteiger partial charge in [0.1, 0.15) is 5.82 Å². The lowest BCUT2D eigenvalue weighted by atomic mass is 10.1. The maximum atomic E-state index is 8.82. The molecule has 4 nitrogen and oxygen atoms in total. The third kappa shape index (κ3) is 2.77. The predicted octanol–water partition coefficient (Wildman–Crippen LogP) is 2.46. The van der Waals surface area contributed by atoms with Crippen LogP contribution in [-0.4, -0.2) is 4.98 Å². The Morgan fingerprint density at radius 1 is 1.39 bits per heavy atom. The van der Waals surface area contributed by atoms with Gasteiger partial charge in [0, 0.05) is 6.54 Å². The zero-order valence-electron chi connectivity index (χ0n) is 10.1. The molecule has 0 spiro atoms. The molecule has 18 heavy (non-hydrogen) atoms. The first-order valence-corrected chi connectivity index (χ1v) is 5.64. The Labute approximate surface area is 106 Å². The van der Waals surface area contributed by atoms with E-state index >= 15 is 0 Å². The van der Waals surface area contributed by atoms with E-state index in [0.717, 1.165) is 16.9 Å². The van der Waals surface area contributed by atoms with Gasteiger partial charge >= 0.3 is 0 Å². The van der Waals surface area contributed by atoms with E-state index in [1.54, 1.807) is 12.3 Å². The van der Waals surface area contributed by atoms with Crippen LogP contribution in [0.15, 0.2) is 36.5 Å². The fourth-order valence-corrected chi connectivity index (χ4v) is 1.61. The fraction of sp³-hybridized carbons (Fsp3) is 0.143. The molecule has 2 aromatic rings. The van der Waals surface area contributed by atoms with Crippen molar-refractivity contribution in [2.45, 2.75) is 13.5 Å². The summed E-state index contributed by atoms with van der Waals surface area (Å²) in [6, 6.07) is 11.5. The lowest BCUT2D eigenvalue weighted by molar-refractivity contribution is 1.11. The molecular weight excluding hydrogens is 224 g/mol. The Balaban J connectivity index is 2.07. The Kier molecular flexibility index (Phi) is 3.44. The molecule has 0 saturated heterocycles. The summed E-state index contributed by atoms with van der Waals surface area (Å²) in [5.41, 5.74) is 9.10. The number of hydrogen-bond donors (Lipinski definition) is 2. The van der Waals surface area contributed by atoms with Crippen LogP contribution in [0.25, 0.3) is 0 Å². The molecule has 0 aliphatic heterocycles. The number of aryl methyl sites for hydroxylation is 1. The minimum absolute atomic E-state index is 0.631. The third-order valence-corrected chi connectivity index (χ3v) is 2.68. The Hall–Kier alpha value is -2.54. The zero-order chi connectivity index (χ0) is 13.0. The second-order valence-electron chi connectivity index (χ2n) is 4.09. The SMILES string of the molecule is Cc1cc(NCc2cccc(C#N)c2)ncc1N. The van der Waals surface area contributed by atoms with Gasteiger partial charge in [-0.05, 0) is 36.2 Å². The molecule has 90 valence electrons. The van der Waals surface area contributed by atoms with Crippen molar-refractivity contribution < 1.29 is 0 Å². The minimum Gasteiger partial charge on any atom is -0.397 e. The van der Waals surface area contributed by atoms with E-state index in [4.69, 9.17) is 11.0 Å². The summed E-state index contributed by atoms with van der Waals surface area (Å²) < 4.78 is 0. The molecule has 1 aromatic heterocycles. The van der Waals surface area contributed by atoms with E-state index in [-0.39, 0.29) is 0 Å². The van der Waals surface area contributed by atoms with Crippen molar-refractivity contribution in [1.29, 1.82) is 5.26 Å². The highest BCUT2D eigenvalue weighted by Gasteiger charge is 1.99. The first-order chi connectivity index (χ1) is 8.69. The average Bonchev–Trinajstić information content (AvgIpc) is 2.40. The Bertz CT molecular complexity index is 599. The number of aromatic nitrogens is 1. The fourth-order valence-electron chi connectivity index (χ4n) is 1.61. The molecule has 1 heterocycles. The summed E-state index contributed by atoms with van der Waals surface area (Å²) >= 11 is 0. The quantitative estimate of drug-likeness (QED) is 0.861. The standard InChI is InChI=1S/C14H14N4/c1-10-5-14(18-9-13(10)16)17-8-12-4-2-3-11(6-12)7-15/h2-6,9H,8,16H2,1H3,(H,17,18). The van der Waals surface area contributed by atoms with E-state index in [2.05, 4.69) is 16.4 Å². The van der Waals surface area contributed by atoms with Crippen LogP contribution in [-0.2, 0) is 6.54 Å². The number of nitrogens with one attached hydrogen (secondary N) is 1. The van der Waals surface area contributed by atoms with Crippen LogP contribution in [0.4, 0.5) is 11.5 Å². The first-order valence-electron chi connectivity index (χ1n) is 5.64. The van der Waals surface area contributed by atoms with Crippen LogP contribution in [0.1, 0.15) is 16.7 Å². The van der Waals surface area contributed by atoms with Gasteiger partial charge in [0.2, 0.25) is 0 Å². The van der Waals surface area contributed by atoms with E-state index in [0.29, 0.717) is 17.8 Å². The number of nitrogens with two attached hydrogens (primary N) is 1. The summed E-state index contributed by atoms with van der Waals surface area (Å²) in [7, 11) is 0. The predicted molar refractivity (Wildman–Crippen MR) is 71.9 cm³/mol. The van der Waals surface area contributed by atoms with Crippen molar-refractivity contribution >= 4 is 11.5 Å². The number of nitrogen functional groups attached to an aromatic ring is 1. The molecule has 3 N–H and O–H groups in total. The lowest BCUT2D eigenvalue weighted by Crippen LogP contribution is -2.02. The summed E-state index contributed by atoms with van der Waals surface area (Å²) in [4.78, 5) is 4.20. The molecule has 1 aromatic carbocycles. The average molecular weight is 238 g/mol. The number of nitrogens with zero attached hydrogens (tertiary/aromatic N) is 2. The molecule has 0 aliphatic carbocycles. The summed E-state index contributed by atoms with van der Waals surface area (Å²) in [6.45, 7) is 2.57. The number of rotatable bonds is 3. The monoisotopic (exact) mass is 238 g/mol. The maximum Gasteiger partial charge on any atom is 0.126 e. The van der Waals surface area contributed by atoms with Gasteiger partial charge in [-0.2, -0.15) is 5.26 Å². The highest BCUT2D eigenvalue weighted by Crippen LogP contribution is 2.14. The first kappa shape index (κ1) is 11.9. The van der Waals surface area contributed by atoms with Crippen LogP contribution in [0, 0.1) is 18.3 Å². The van der Waals surface area contributed by atoms with Gasteiger partial charge in [-0.25, -0.2) is 4.98 Å². The van der Waals surface area contributed by atoms with Gasteiger partial charge in [-0.1, -0.05) is 12.1 Å². The van der Waals surface area contributed by atoms with Crippen molar-refractivity contribution in [1.82, 2.24) is 4.98 Å². The lowest BCUT2D eigenvalue weighted by Gasteiger charge is -2.07. The van der Waals surface area contributed by atoms with E-state index in [1.807, 2.05) is 31.2 Å². The van der Waals surface area contributed by atoms with Gasteiger partial charge in [0.15, 0.2) is 0 Å². The second kappa shape index (κ2) is 5.19. The van der Waals surface area contributed by atoms with Crippen molar-refractivity contribution in [2.24, 2.45) is 0 Å². The minimum atomic E-state index is 0.631. The zero-order valence-corrected chi connectivity index (χ0v) is 10.1. The molecule has 0 atom stereocenters. The molecular formula is C14H14N4. The summed E-state index contributed by atoms with van der Waals surface area (Å²) in [5.74, 6) is 0.782. The number of pyridine rings is 1. The summed E-state index contributed by atoms with van der Waals surface area (Å²) in [5, 5.41) is 12.0. The van der Waals surface area contributed by atoms with Crippen LogP contribution in [0.2, 0.25) is 0 Å². The van der Waals surface area contributed by atoms with Crippen LogP contribution in [0.5, 0.6) is 0 Å². The van der Waals surface area contributed by atoms with Gasteiger partial charge in [-0.3, -0.25) is 0 Å². The molecule has 0 bridgehead atoms. The maximum absolute atomic E-state index is 8.82. The molecule has 0 fully saturated rings. The second-order valence-corrected chi connectivity index (χ2v) is 4.09. The molecule has 2 rings (SSSR count). The van der Waals surface area contributed by atoms with Crippen molar-refractivity contribution in [2.75, 3.05) is 11.1 Å². The summed E-state index contributed by atoms with van der Waals surface area (Å²) in [6.07, 6.45) is 1.64. The van der Waals surface area contributed by atoms with E-state index in [1.165, 1.54) is 0 Å². The Morgan fingerprint density at radius 2 is 2.22 bits per heavy atom. The Morgan fingerprint density at radius 3 is 2.94 bits per heavy atom. The van der Waals surface area contributed by atoms with Crippen LogP contribution in [0.3, 0.4) is 0 Å².